The summed E-state index contributed by atoms with van der Waals surface area (Å²) in [6, 6.07) is 4.57. The molecule has 1 aromatic heterocycles. The maximum atomic E-state index is 13.0. The number of piperazine rings is 1. The van der Waals surface area contributed by atoms with Gasteiger partial charge in [-0.2, -0.15) is 13.1 Å². The molecule has 11 nitrogen and oxygen atoms in total. The van der Waals surface area contributed by atoms with Crippen molar-refractivity contribution < 1.29 is 22.7 Å². The monoisotopic (exact) mass is 456 g/mol. The van der Waals surface area contributed by atoms with Gasteiger partial charge >= 0.3 is 6.03 Å². The van der Waals surface area contributed by atoms with Crippen molar-refractivity contribution in [2.45, 2.75) is 11.3 Å². The van der Waals surface area contributed by atoms with Crippen LogP contribution in [0.2, 0.25) is 0 Å². The van der Waals surface area contributed by atoms with E-state index >= 15 is 0 Å². The molecule has 0 radical (unpaired) electrons. The summed E-state index contributed by atoms with van der Waals surface area (Å²) in [5.74, 6) is -0.172. The van der Waals surface area contributed by atoms with Crippen molar-refractivity contribution in [1.82, 2.24) is 28.6 Å². The minimum Gasteiger partial charge on any atom is -0.383 e. The Morgan fingerprint density at radius 1 is 1.13 bits per heavy atom. The third kappa shape index (κ3) is 5.22. The van der Waals surface area contributed by atoms with Gasteiger partial charge in [-0.05, 0) is 12.1 Å². The number of aromatic nitrogens is 2. The van der Waals surface area contributed by atoms with Gasteiger partial charge in [-0.3, -0.25) is 4.79 Å². The van der Waals surface area contributed by atoms with E-state index in [0.29, 0.717) is 24.2 Å². The van der Waals surface area contributed by atoms with Crippen molar-refractivity contribution in [2.24, 2.45) is 0 Å². The largest absolute Gasteiger partial charge is 0.383 e. The number of carbonyl (C=O) groups is 2. The molecule has 1 fully saturated rings. The molecular weight excluding hydrogens is 432 g/mol. The van der Waals surface area contributed by atoms with Crippen LogP contribution in [0.4, 0.5) is 4.79 Å². The summed E-state index contributed by atoms with van der Waals surface area (Å²) in [6.45, 7) is 1.94. The van der Waals surface area contributed by atoms with Gasteiger partial charge in [0.25, 0.3) is 0 Å². The molecule has 30 heavy (non-hydrogen) atoms. The number of hydrogen-bond acceptors (Lipinski definition) is 8. The molecule has 0 saturated carbocycles. The molecule has 1 aliphatic heterocycles. The molecule has 1 saturated heterocycles. The van der Waals surface area contributed by atoms with Gasteiger partial charge in [-0.15, -0.1) is 0 Å². The number of hydrogen-bond donors (Lipinski definition) is 2. The van der Waals surface area contributed by atoms with Crippen molar-refractivity contribution in [2.75, 3.05) is 53.0 Å². The Hall–Kier alpha value is -2.35. The number of rotatable bonds is 8. The molecule has 0 spiro atoms. The molecule has 2 aromatic rings. The van der Waals surface area contributed by atoms with Gasteiger partial charge in [-0.25, -0.2) is 13.2 Å². The quantitative estimate of drug-likeness (QED) is 0.528. The highest BCUT2D eigenvalue weighted by Gasteiger charge is 2.31. The van der Waals surface area contributed by atoms with Gasteiger partial charge in [0.2, 0.25) is 15.9 Å². The zero-order valence-electron chi connectivity index (χ0n) is 16.5. The van der Waals surface area contributed by atoms with Crippen molar-refractivity contribution in [1.29, 1.82) is 0 Å². The summed E-state index contributed by atoms with van der Waals surface area (Å²) in [4.78, 5) is 25.6. The zero-order valence-corrected chi connectivity index (χ0v) is 18.2. The fourth-order valence-corrected chi connectivity index (χ4v) is 5.21. The summed E-state index contributed by atoms with van der Waals surface area (Å²) in [7, 11) is -2.18. The number of sulfonamides is 1. The van der Waals surface area contributed by atoms with Crippen LogP contribution in [0.5, 0.6) is 0 Å². The van der Waals surface area contributed by atoms with Crippen LogP contribution < -0.4 is 10.6 Å². The zero-order chi connectivity index (χ0) is 21.6. The average molecular weight is 457 g/mol. The van der Waals surface area contributed by atoms with Crippen LogP contribution in [-0.4, -0.2) is 91.3 Å². The summed E-state index contributed by atoms with van der Waals surface area (Å²) in [6.07, 6.45) is 0.162. The molecule has 164 valence electrons. The molecule has 3 amide bonds. The Morgan fingerprint density at radius 2 is 1.90 bits per heavy atom. The standard InChI is InChI=1S/C17H24N6O5S2/c1-28-12-7-18-15(24)5-6-19-17(25)22-8-10-23(11-9-22)30(26,27)14-4-2-3-13-16(14)21-29-20-13/h2-4H,5-12H2,1H3,(H,18,24)(H,19,25). The highest BCUT2D eigenvalue weighted by Crippen LogP contribution is 2.25. The van der Waals surface area contributed by atoms with E-state index in [1.54, 1.807) is 24.1 Å². The summed E-state index contributed by atoms with van der Waals surface area (Å²) >= 11 is 0.970. The Bertz CT molecular complexity index is 987. The van der Waals surface area contributed by atoms with E-state index in [4.69, 9.17) is 4.74 Å². The van der Waals surface area contributed by atoms with Crippen LogP contribution >= 0.6 is 11.7 Å². The summed E-state index contributed by atoms with van der Waals surface area (Å²) in [5, 5.41) is 5.36. The predicted octanol–water partition coefficient (Wildman–Crippen LogP) is -0.140. The first-order valence-corrected chi connectivity index (χ1v) is 11.6. The van der Waals surface area contributed by atoms with Crippen LogP contribution in [0.3, 0.4) is 0 Å². The lowest BCUT2D eigenvalue weighted by Crippen LogP contribution is -2.53. The van der Waals surface area contributed by atoms with E-state index in [1.807, 2.05) is 0 Å². The predicted molar refractivity (Wildman–Crippen MR) is 111 cm³/mol. The lowest BCUT2D eigenvalue weighted by molar-refractivity contribution is -0.121. The van der Waals surface area contributed by atoms with Crippen LogP contribution in [0, 0.1) is 0 Å². The molecule has 13 heteroatoms. The highest BCUT2D eigenvalue weighted by molar-refractivity contribution is 7.89. The van der Waals surface area contributed by atoms with Crippen LogP contribution in [0.25, 0.3) is 11.0 Å². The van der Waals surface area contributed by atoms with Crippen molar-refractivity contribution in [3.63, 3.8) is 0 Å². The van der Waals surface area contributed by atoms with Gasteiger partial charge in [-0.1, -0.05) is 6.07 Å². The second-order valence-corrected chi connectivity index (χ2v) is 9.04. The van der Waals surface area contributed by atoms with Gasteiger partial charge in [0.05, 0.1) is 18.3 Å². The van der Waals surface area contributed by atoms with Crippen molar-refractivity contribution in [3.05, 3.63) is 18.2 Å². The minimum absolute atomic E-state index is 0.131. The third-order valence-electron chi connectivity index (χ3n) is 4.65. The molecule has 0 bridgehead atoms. The Labute approximate surface area is 178 Å². The first kappa shape index (κ1) is 22.3. The van der Waals surface area contributed by atoms with Gasteiger partial charge in [0.1, 0.15) is 15.9 Å². The molecule has 0 aliphatic carbocycles. The van der Waals surface area contributed by atoms with E-state index in [1.165, 1.54) is 10.4 Å². The number of fused-ring (bicyclic) bond motifs is 1. The highest BCUT2D eigenvalue weighted by atomic mass is 32.2. The Balaban J connectivity index is 1.49. The maximum absolute atomic E-state index is 13.0. The Morgan fingerprint density at radius 3 is 2.63 bits per heavy atom. The molecule has 0 unspecified atom stereocenters. The smallest absolute Gasteiger partial charge is 0.317 e. The number of urea groups is 1. The molecule has 1 aliphatic rings. The van der Waals surface area contributed by atoms with Gasteiger partial charge in [0, 0.05) is 52.8 Å². The first-order chi connectivity index (χ1) is 14.4. The summed E-state index contributed by atoms with van der Waals surface area (Å²) < 4.78 is 40.4. The normalized spacial score (nSPS) is 15.3. The maximum Gasteiger partial charge on any atom is 0.317 e. The van der Waals surface area contributed by atoms with Crippen molar-refractivity contribution in [3.8, 4) is 0 Å². The van der Waals surface area contributed by atoms with E-state index in [9.17, 15) is 18.0 Å². The van der Waals surface area contributed by atoms with Crippen LogP contribution in [-0.2, 0) is 19.6 Å². The topological polar surface area (TPSA) is 134 Å². The van der Waals surface area contributed by atoms with Crippen LogP contribution in [0.1, 0.15) is 6.42 Å². The number of carbonyl (C=O) groups excluding carboxylic acids is 2. The van der Waals surface area contributed by atoms with E-state index < -0.39 is 10.0 Å². The molecule has 3 rings (SSSR count). The lowest BCUT2D eigenvalue weighted by Gasteiger charge is -2.34. The van der Waals surface area contributed by atoms with E-state index in [0.717, 1.165) is 11.7 Å². The molecular formula is C17H24N6O5S2. The third-order valence-corrected chi connectivity index (χ3v) is 7.12. The first-order valence-electron chi connectivity index (χ1n) is 9.43. The number of methoxy groups -OCH3 is 1. The molecule has 2 heterocycles. The number of nitrogens with zero attached hydrogens (tertiary/aromatic N) is 4. The molecule has 0 atom stereocenters. The number of benzene rings is 1. The number of ether oxygens (including phenoxy) is 1. The fourth-order valence-electron chi connectivity index (χ4n) is 3.04. The molecule has 2 N–H and O–H groups in total. The number of amides is 3. The van der Waals surface area contributed by atoms with Crippen molar-refractivity contribution >= 4 is 44.7 Å². The van der Waals surface area contributed by atoms with Crippen LogP contribution in [0.15, 0.2) is 23.1 Å². The summed E-state index contributed by atoms with van der Waals surface area (Å²) in [5.41, 5.74) is 0.914. The second kappa shape index (κ2) is 10.1. The lowest BCUT2D eigenvalue weighted by atomic mass is 10.3. The minimum atomic E-state index is -3.73. The fraction of sp³-hybridized carbons (Fsp3) is 0.529. The number of nitrogens with one attached hydrogen (secondary N) is 2. The second-order valence-electron chi connectivity index (χ2n) is 6.60. The van der Waals surface area contributed by atoms with E-state index in [2.05, 4.69) is 19.4 Å². The average Bonchev–Trinajstić information content (AvgIpc) is 3.22. The Kier molecular flexibility index (Phi) is 7.53. The molecule has 1 aromatic carbocycles. The van der Waals surface area contributed by atoms with Gasteiger partial charge in [0.15, 0.2) is 0 Å². The van der Waals surface area contributed by atoms with Gasteiger partial charge < -0.3 is 20.3 Å². The van der Waals surface area contributed by atoms with E-state index in [-0.39, 0.29) is 56.0 Å². The SMILES string of the molecule is COCCNC(=O)CCNC(=O)N1CCN(S(=O)(=O)c2cccc3nsnc23)CC1.